The van der Waals surface area contributed by atoms with Crippen molar-refractivity contribution in [2.24, 2.45) is 0 Å². The van der Waals surface area contributed by atoms with Gasteiger partial charge in [0.2, 0.25) is 5.91 Å². The summed E-state index contributed by atoms with van der Waals surface area (Å²) in [5, 5.41) is 6.44. The van der Waals surface area contributed by atoms with Crippen molar-refractivity contribution in [1.29, 1.82) is 0 Å². The zero-order chi connectivity index (χ0) is 14.5. The number of benzene rings is 1. The molecule has 1 amide bonds. The van der Waals surface area contributed by atoms with Crippen LogP contribution in [0.4, 0.5) is 0 Å². The van der Waals surface area contributed by atoms with E-state index in [0.29, 0.717) is 12.4 Å². The van der Waals surface area contributed by atoms with Crippen LogP contribution in [0.5, 0.6) is 0 Å². The number of carbonyl (C=O) groups excluding carboxylic acids is 1. The van der Waals surface area contributed by atoms with Gasteiger partial charge in [0.05, 0.1) is 0 Å². The van der Waals surface area contributed by atoms with Crippen molar-refractivity contribution >= 4 is 5.91 Å². The van der Waals surface area contributed by atoms with Gasteiger partial charge in [0, 0.05) is 12.5 Å². The number of amides is 1. The van der Waals surface area contributed by atoms with Crippen LogP contribution >= 0.6 is 0 Å². The topological polar surface area (TPSA) is 77.1 Å². The van der Waals surface area contributed by atoms with E-state index in [1.807, 2.05) is 44.2 Å². The highest BCUT2D eigenvalue weighted by Crippen LogP contribution is 2.08. The molecule has 0 radical (unpaired) electrons. The first-order chi connectivity index (χ1) is 9.58. The SMILES string of the molecule is CC(C)c1noc(=O)n1CC(=O)NCc1ccccc1. The standard InChI is InChI=1S/C14H17N3O3/c1-10(2)13-16-20-14(19)17(13)9-12(18)15-8-11-6-4-3-5-7-11/h3-7,10H,8-9H2,1-2H3,(H,15,18). The smallest absolute Gasteiger partial charge is 0.350 e. The molecular formula is C14H17N3O3. The van der Waals surface area contributed by atoms with Gasteiger partial charge in [0.15, 0.2) is 5.82 Å². The van der Waals surface area contributed by atoms with Crippen molar-refractivity contribution < 1.29 is 9.32 Å². The van der Waals surface area contributed by atoms with Crippen molar-refractivity contribution in [3.8, 4) is 0 Å². The summed E-state index contributed by atoms with van der Waals surface area (Å²) in [5.74, 6) is -0.363. The molecule has 0 spiro atoms. The second-order valence-corrected chi connectivity index (χ2v) is 4.81. The lowest BCUT2D eigenvalue weighted by molar-refractivity contribution is -0.121. The Morgan fingerprint density at radius 3 is 2.70 bits per heavy atom. The monoisotopic (exact) mass is 275 g/mol. The van der Waals surface area contributed by atoms with Crippen LogP contribution in [0.2, 0.25) is 0 Å². The minimum absolute atomic E-state index is 0.0170. The summed E-state index contributed by atoms with van der Waals surface area (Å²) in [5.41, 5.74) is 1.00. The second kappa shape index (κ2) is 6.18. The van der Waals surface area contributed by atoms with Crippen LogP contribution in [-0.2, 0) is 17.9 Å². The molecule has 1 aromatic carbocycles. The predicted molar refractivity (Wildman–Crippen MR) is 73.1 cm³/mol. The van der Waals surface area contributed by atoms with Crippen molar-refractivity contribution in [3.05, 3.63) is 52.3 Å². The van der Waals surface area contributed by atoms with Crippen LogP contribution in [-0.4, -0.2) is 15.6 Å². The Morgan fingerprint density at radius 1 is 1.35 bits per heavy atom. The zero-order valence-corrected chi connectivity index (χ0v) is 11.5. The summed E-state index contributed by atoms with van der Waals surface area (Å²) in [6.45, 7) is 4.12. The molecule has 0 fully saturated rings. The molecular weight excluding hydrogens is 258 g/mol. The number of carbonyl (C=O) groups is 1. The van der Waals surface area contributed by atoms with Gasteiger partial charge in [-0.25, -0.2) is 4.79 Å². The van der Waals surface area contributed by atoms with Gasteiger partial charge in [0.25, 0.3) is 0 Å². The number of hydrogen-bond acceptors (Lipinski definition) is 4. The highest BCUT2D eigenvalue weighted by molar-refractivity contribution is 5.75. The average Bonchev–Trinajstić information content (AvgIpc) is 2.79. The molecule has 6 heteroatoms. The van der Waals surface area contributed by atoms with E-state index in [0.717, 1.165) is 5.56 Å². The molecule has 2 rings (SSSR count). The fourth-order valence-electron chi connectivity index (χ4n) is 1.84. The van der Waals surface area contributed by atoms with E-state index in [1.165, 1.54) is 4.57 Å². The largest absolute Gasteiger partial charge is 0.442 e. The Balaban J connectivity index is 1.98. The number of nitrogens with zero attached hydrogens (tertiary/aromatic N) is 2. The number of rotatable bonds is 5. The van der Waals surface area contributed by atoms with Crippen LogP contribution in [0.15, 0.2) is 39.6 Å². The molecule has 20 heavy (non-hydrogen) atoms. The normalized spacial score (nSPS) is 10.8. The van der Waals surface area contributed by atoms with Crippen LogP contribution in [0.3, 0.4) is 0 Å². The lowest BCUT2D eigenvalue weighted by Gasteiger charge is -2.08. The van der Waals surface area contributed by atoms with Gasteiger partial charge in [-0.3, -0.25) is 13.9 Å². The van der Waals surface area contributed by atoms with Crippen LogP contribution in [0, 0.1) is 0 Å². The minimum Gasteiger partial charge on any atom is -0.350 e. The molecule has 0 unspecified atom stereocenters. The third-order valence-electron chi connectivity index (χ3n) is 2.86. The van der Waals surface area contributed by atoms with Gasteiger partial charge in [-0.05, 0) is 5.56 Å². The lowest BCUT2D eigenvalue weighted by atomic mass is 10.2. The second-order valence-electron chi connectivity index (χ2n) is 4.81. The molecule has 0 saturated heterocycles. The maximum atomic E-state index is 11.9. The van der Waals surface area contributed by atoms with Gasteiger partial charge in [0.1, 0.15) is 6.54 Å². The Labute approximate surface area is 116 Å². The first-order valence-corrected chi connectivity index (χ1v) is 6.45. The first kappa shape index (κ1) is 14.0. The summed E-state index contributed by atoms with van der Waals surface area (Å²) in [6, 6.07) is 9.57. The van der Waals surface area contributed by atoms with Gasteiger partial charge < -0.3 is 5.32 Å². The van der Waals surface area contributed by atoms with Crippen molar-refractivity contribution in [3.63, 3.8) is 0 Å². The predicted octanol–water partition coefficient (Wildman–Crippen LogP) is 1.28. The Hall–Kier alpha value is -2.37. The summed E-state index contributed by atoms with van der Waals surface area (Å²) in [7, 11) is 0. The van der Waals surface area contributed by atoms with Gasteiger partial charge in [-0.1, -0.05) is 49.3 Å². The van der Waals surface area contributed by atoms with E-state index in [-0.39, 0.29) is 18.4 Å². The highest BCUT2D eigenvalue weighted by atomic mass is 16.5. The summed E-state index contributed by atoms with van der Waals surface area (Å²) in [4.78, 5) is 23.4. The van der Waals surface area contributed by atoms with Gasteiger partial charge in [-0.15, -0.1) is 0 Å². The maximum Gasteiger partial charge on any atom is 0.442 e. The number of hydrogen-bond donors (Lipinski definition) is 1. The fraction of sp³-hybridized carbons (Fsp3) is 0.357. The fourth-order valence-corrected chi connectivity index (χ4v) is 1.84. The van der Waals surface area contributed by atoms with Crippen molar-refractivity contribution in [2.75, 3.05) is 0 Å². The van der Waals surface area contributed by atoms with Crippen LogP contribution < -0.4 is 11.1 Å². The quantitative estimate of drug-likeness (QED) is 0.891. The molecule has 0 saturated carbocycles. The Bertz CT molecular complexity index is 629. The summed E-state index contributed by atoms with van der Waals surface area (Å²) in [6.07, 6.45) is 0. The molecule has 1 N–H and O–H groups in total. The summed E-state index contributed by atoms with van der Waals surface area (Å²) >= 11 is 0. The maximum absolute atomic E-state index is 11.9. The van der Waals surface area contributed by atoms with Crippen molar-refractivity contribution in [1.82, 2.24) is 15.0 Å². The Morgan fingerprint density at radius 2 is 2.05 bits per heavy atom. The first-order valence-electron chi connectivity index (χ1n) is 6.45. The van der Waals surface area contributed by atoms with E-state index in [4.69, 9.17) is 0 Å². The van der Waals surface area contributed by atoms with E-state index in [2.05, 4.69) is 15.0 Å². The molecule has 106 valence electrons. The minimum atomic E-state index is -0.608. The third-order valence-corrected chi connectivity index (χ3v) is 2.86. The molecule has 1 aromatic heterocycles. The highest BCUT2D eigenvalue weighted by Gasteiger charge is 2.16. The molecule has 0 aliphatic carbocycles. The molecule has 0 atom stereocenters. The molecule has 6 nitrogen and oxygen atoms in total. The van der Waals surface area contributed by atoms with E-state index < -0.39 is 5.76 Å². The van der Waals surface area contributed by atoms with E-state index >= 15 is 0 Å². The Kier molecular flexibility index (Phi) is 4.34. The van der Waals surface area contributed by atoms with E-state index in [1.54, 1.807) is 0 Å². The molecule has 2 aromatic rings. The van der Waals surface area contributed by atoms with E-state index in [9.17, 15) is 9.59 Å². The molecule has 0 aliphatic rings. The number of nitrogens with one attached hydrogen (secondary N) is 1. The van der Waals surface area contributed by atoms with Crippen LogP contribution in [0.25, 0.3) is 0 Å². The molecule has 0 aliphatic heterocycles. The lowest BCUT2D eigenvalue weighted by Crippen LogP contribution is -2.31. The summed E-state index contributed by atoms with van der Waals surface area (Å²) < 4.78 is 5.85. The third kappa shape index (κ3) is 3.34. The van der Waals surface area contributed by atoms with Gasteiger partial charge in [-0.2, -0.15) is 0 Å². The average molecular weight is 275 g/mol. The van der Waals surface area contributed by atoms with Crippen LogP contribution in [0.1, 0.15) is 31.2 Å². The zero-order valence-electron chi connectivity index (χ0n) is 11.5. The molecule has 0 bridgehead atoms. The van der Waals surface area contributed by atoms with Crippen molar-refractivity contribution in [2.45, 2.75) is 32.9 Å². The van der Waals surface area contributed by atoms with Gasteiger partial charge >= 0.3 is 5.76 Å². The number of aromatic nitrogens is 2. The molecule has 1 heterocycles.